The number of rotatable bonds is 0. The average Bonchev–Trinajstić information content (AvgIpc) is 2.53. The van der Waals surface area contributed by atoms with Crippen LogP contribution in [0.3, 0.4) is 0 Å². The fourth-order valence-corrected chi connectivity index (χ4v) is 2.69. The van der Waals surface area contributed by atoms with Crippen LogP contribution in [0.4, 0.5) is 0 Å². The van der Waals surface area contributed by atoms with Crippen molar-refractivity contribution in [3.63, 3.8) is 0 Å². The fourth-order valence-electron chi connectivity index (χ4n) is 2.69. The fraction of sp³-hybridized carbons (Fsp3) is 0.308. The normalized spacial score (nSPS) is 28.3. The molecule has 3 rings (SSSR count). The van der Waals surface area contributed by atoms with Crippen LogP contribution in [0.5, 0.6) is 0 Å². The molecule has 0 spiro atoms. The first-order valence-electron chi connectivity index (χ1n) is 5.31. The summed E-state index contributed by atoms with van der Waals surface area (Å²) in [7, 11) is 0. The van der Waals surface area contributed by atoms with Crippen LogP contribution >= 0.6 is 0 Å². The Morgan fingerprint density at radius 2 is 2.07 bits per heavy atom. The molecule has 2 heteroatoms. The molecular weight excluding hydrogens is 186 g/mol. The summed E-state index contributed by atoms with van der Waals surface area (Å²) >= 11 is 0. The van der Waals surface area contributed by atoms with Gasteiger partial charge in [-0.1, -0.05) is 24.3 Å². The SMILES string of the molecule is N[C@@]12CCc3ccccc3C1=CC(=O)C2. The van der Waals surface area contributed by atoms with Crippen molar-refractivity contribution in [1.29, 1.82) is 0 Å². The third kappa shape index (κ3) is 1.18. The number of carbonyl (C=O) groups excluding carboxylic acids is 1. The molecule has 0 aromatic heterocycles. The van der Waals surface area contributed by atoms with Gasteiger partial charge in [-0.15, -0.1) is 0 Å². The molecule has 0 bridgehead atoms. The Labute approximate surface area is 88.8 Å². The molecule has 15 heavy (non-hydrogen) atoms. The Morgan fingerprint density at radius 3 is 2.93 bits per heavy atom. The smallest absolute Gasteiger partial charge is 0.158 e. The predicted molar refractivity (Wildman–Crippen MR) is 59.3 cm³/mol. The highest BCUT2D eigenvalue weighted by molar-refractivity contribution is 6.06. The Morgan fingerprint density at radius 1 is 1.27 bits per heavy atom. The first-order chi connectivity index (χ1) is 7.19. The highest BCUT2D eigenvalue weighted by Gasteiger charge is 2.40. The van der Waals surface area contributed by atoms with Crippen LogP contribution in [0.15, 0.2) is 30.3 Å². The Hall–Kier alpha value is -1.41. The summed E-state index contributed by atoms with van der Waals surface area (Å²) in [6.45, 7) is 0. The summed E-state index contributed by atoms with van der Waals surface area (Å²) in [6.07, 6.45) is 4.09. The van der Waals surface area contributed by atoms with Crippen molar-refractivity contribution in [3.05, 3.63) is 41.5 Å². The van der Waals surface area contributed by atoms with Crippen LogP contribution in [-0.2, 0) is 11.2 Å². The van der Waals surface area contributed by atoms with Crippen LogP contribution in [-0.4, -0.2) is 11.3 Å². The van der Waals surface area contributed by atoms with E-state index in [0.29, 0.717) is 6.42 Å². The van der Waals surface area contributed by atoms with Gasteiger partial charge in [-0.2, -0.15) is 0 Å². The number of carbonyl (C=O) groups is 1. The zero-order valence-electron chi connectivity index (χ0n) is 8.49. The summed E-state index contributed by atoms with van der Waals surface area (Å²) in [6, 6.07) is 8.24. The van der Waals surface area contributed by atoms with Crippen molar-refractivity contribution in [2.24, 2.45) is 5.73 Å². The van der Waals surface area contributed by atoms with Crippen molar-refractivity contribution in [3.8, 4) is 0 Å². The molecule has 1 aromatic rings. The molecule has 1 aromatic carbocycles. The first-order valence-corrected chi connectivity index (χ1v) is 5.31. The van der Waals surface area contributed by atoms with E-state index in [4.69, 9.17) is 5.73 Å². The summed E-state index contributed by atoms with van der Waals surface area (Å²) < 4.78 is 0. The summed E-state index contributed by atoms with van der Waals surface area (Å²) in [5.74, 6) is 0.171. The van der Waals surface area contributed by atoms with Crippen molar-refractivity contribution in [2.75, 3.05) is 0 Å². The van der Waals surface area contributed by atoms with E-state index < -0.39 is 0 Å². The molecule has 2 N–H and O–H groups in total. The molecular formula is C13H13NO. The van der Waals surface area contributed by atoms with Gasteiger partial charge in [0, 0.05) is 12.0 Å². The Balaban J connectivity index is 2.21. The summed E-state index contributed by atoms with van der Waals surface area (Å²) in [5.41, 5.74) is 9.44. The van der Waals surface area contributed by atoms with Crippen molar-refractivity contribution in [1.82, 2.24) is 0 Å². The van der Waals surface area contributed by atoms with Crippen LogP contribution in [0.2, 0.25) is 0 Å². The van der Waals surface area contributed by atoms with Gasteiger partial charge < -0.3 is 5.73 Å². The number of nitrogens with two attached hydrogens (primary N) is 1. The third-order valence-corrected chi connectivity index (χ3v) is 3.48. The molecule has 0 radical (unpaired) electrons. The van der Waals surface area contributed by atoms with Gasteiger partial charge in [-0.3, -0.25) is 4.79 Å². The largest absolute Gasteiger partial charge is 0.321 e. The highest BCUT2D eigenvalue weighted by Crippen LogP contribution is 2.42. The molecule has 0 unspecified atom stereocenters. The van der Waals surface area contributed by atoms with Crippen LogP contribution in [0.25, 0.3) is 5.57 Å². The topological polar surface area (TPSA) is 43.1 Å². The first kappa shape index (κ1) is 8.86. The minimum Gasteiger partial charge on any atom is -0.321 e. The standard InChI is InChI=1S/C13H13NO/c14-13-6-5-9-3-1-2-4-11(9)12(13)7-10(15)8-13/h1-4,7H,5-6,8,14H2/t13-/m1/s1. The van der Waals surface area contributed by atoms with E-state index in [1.807, 2.05) is 12.1 Å². The van der Waals surface area contributed by atoms with Gasteiger partial charge in [0.2, 0.25) is 0 Å². The number of hydrogen-bond acceptors (Lipinski definition) is 2. The number of ketones is 1. The van der Waals surface area contributed by atoms with Crippen LogP contribution in [0, 0.1) is 0 Å². The number of allylic oxidation sites excluding steroid dienone is 1. The summed E-state index contributed by atoms with van der Waals surface area (Å²) in [5, 5.41) is 0. The molecule has 0 heterocycles. The second-order valence-electron chi connectivity index (χ2n) is 4.51. The molecule has 0 fully saturated rings. The highest BCUT2D eigenvalue weighted by atomic mass is 16.1. The number of fused-ring (bicyclic) bond motifs is 3. The molecule has 2 aliphatic rings. The van der Waals surface area contributed by atoms with Gasteiger partial charge in [-0.25, -0.2) is 0 Å². The molecule has 0 aliphatic heterocycles. The lowest BCUT2D eigenvalue weighted by molar-refractivity contribution is -0.114. The zero-order chi connectivity index (χ0) is 10.5. The minimum absolute atomic E-state index is 0.171. The summed E-state index contributed by atoms with van der Waals surface area (Å²) in [4.78, 5) is 11.5. The van der Waals surface area contributed by atoms with Gasteiger partial charge in [0.1, 0.15) is 0 Å². The Kier molecular flexibility index (Phi) is 1.65. The maximum absolute atomic E-state index is 11.5. The second kappa shape index (κ2) is 2.80. The molecule has 1 atom stereocenters. The number of aryl methyl sites for hydroxylation is 1. The van der Waals surface area contributed by atoms with Gasteiger partial charge in [0.25, 0.3) is 0 Å². The van der Waals surface area contributed by atoms with E-state index in [2.05, 4.69) is 12.1 Å². The van der Waals surface area contributed by atoms with E-state index >= 15 is 0 Å². The van der Waals surface area contributed by atoms with Gasteiger partial charge in [0.15, 0.2) is 5.78 Å². The lowest BCUT2D eigenvalue weighted by atomic mass is 9.76. The van der Waals surface area contributed by atoms with E-state index in [1.54, 1.807) is 6.08 Å². The second-order valence-corrected chi connectivity index (χ2v) is 4.51. The van der Waals surface area contributed by atoms with Crippen molar-refractivity contribution in [2.45, 2.75) is 24.8 Å². The van der Waals surface area contributed by atoms with Gasteiger partial charge >= 0.3 is 0 Å². The predicted octanol–water partition coefficient (Wildman–Crippen LogP) is 1.69. The minimum atomic E-state index is -0.383. The molecule has 0 saturated carbocycles. The lowest BCUT2D eigenvalue weighted by Gasteiger charge is -2.33. The third-order valence-electron chi connectivity index (χ3n) is 3.48. The molecule has 0 amide bonds. The maximum atomic E-state index is 11.5. The Bertz CT molecular complexity index is 475. The zero-order valence-corrected chi connectivity index (χ0v) is 8.49. The van der Waals surface area contributed by atoms with Crippen LogP contribution < -0.4 is 5.73 Å². The number of benzene rings is 1. The lowest BCUT2D eigenvalue weighted by Crippen LogP contribution is -2.42. The van der Waals surface area contributed by atoms with E-state index in [9.17, 15) is 4.79 Å². The molecule has 2 nitrogen and oxygen atoms in total. The van der Waals surface area contributed by atoms with E-state index in [1.165, 1.54) is 11.1 Å². The van der Waals surface area contributed by atoms with Crippen molar-refractivity contribution < 1.29 is 4.79 Å². The van der Waals surface area contributed by atoms with Crippen molar-refractivity contribution >= 4 is 11.4 Å². The quantitative estimate of drug-likeness (QED) is 0.691. The average molecular weight is 199 g/mol. The van der Waals surface area contributed by atoms with Crippen LogP contribution in [0.1, 0.15) is 24.0 Å². The van der Waals surface area contributed by atoms with E-state index in [-0.39, 0.29) is 11.3 Å². The maximum Gasteiger partial charge on any atom is 0.158 e. The number of hydrogen-bond donors (Lipinski definition) is 1. The van der Waals surface area contributed by atoms with Gasteiger partial charge in [-0.05, 0) is 35.6 Å². The van der Waals surface area contributed by atoms with Gasteiger partial charge in [0.05, 0.1) is 0 Å². The molecule has 0 saturated heterocycles. The van der Waals surface area contributed by atoms with E-state index in [0.717, 1.165) is 18.4 Å². The monoisotopic (exact) mass is 199 g/mol. The molecule has 76 valence electrons. The molecule has 2 aliphatic carbocycles.